The van der Waals surface area contributed by atoms with E-state index in [2.05, 4.69) is 22.0 Å². The van der Waals surface area contributed by atoms with Crippen LogP contribution in [-0.4, -0.2) is 39.8 Å². The molecular weight excluding hydrogens is 456 g/mol. The number of carbonyl (C=O) groups is 3. The second-order valence-corrected chi connectivity index (χ2v) is 9.24. The molecule has 1 aliphatic rings. The molecule has 2 amide bonds. The number of aryl methyl sites for hydroxylation is 2. The molecule has 186 valence electrons. The lowest BCUT2D eigenvalue weighted by Crippen LogP contribution is -2.44. The first-order valence-corrected chi connectivity index (χ1v) is 12.1. The number of rotatable bonds is 7. The Labute approximate surface area is 210 Å². The van der Waals surface area contributed by atoms with Gasteiger partial charge in [0.05, 0.1) is 11.6 Å². The number of fused-ring (bicyclic) bond motifs is 1. The zero-order chi connectivity index (χ0) is 25.8. The largest absolute Gasteiger partial charge is 0.427 e. The van der Waals surface area contributed by atoms with Gasteiger partial charge >= 0.3 is 5.97 Å². The Balaban J connectivity index is 1.50. The fraction of sp³-hybridized carbons (Fsp3) is 0.357. The van der Waals surface area contributed by atoms with Gasteiger partial charge in [0.25, 0.3) is 0 Å². The van der Waals surface area contributed by atoms with Crippen molar-refractivity contribution in [3.05, 3.63) is 65.4 Å². The highest BCUT2D eigenvalue weighted by molar-refractivity contribution is 5.88. The van der Waals surface area contributed by atoms with Gasteiger partial charge in [-0.25, -0.2) is 0 Å². The van der Waals surface area contributed by atoms with Crippen molar-refractivity contribution in [2.45, 2.75) is 51.6 Å². The SMILES string of the molecule is CC(=O)NC(C(=O)N1CCCC1CCc1cc2ccc(C#N)cc2n1C)c1ccc(OC(C)=O)cc1. The van der Waals surface area contributed by atoms with Crippen LogP contribution in [0.15, 0.2) is 48.5 Å². The smallest absolute Gasteiger partial charge is 0.308 e. The summed E-state index contributed by atoms with van der Waals surface area (Å²) in [5, 5.41) is 13.1. The molecule has 0 bridgehead atoms. The first-order valence-electron chi connectivity index (χ1n) is 12.1. The van der Waals surface area contributed by atoms with E-state index in [1.165, 1.54) is 13.8 Å². The molecule has 0 aliphatic carbocycles. The molecule has 1 aromatic heterocycles. The summed E-state index contributed by atoms with van der Waals surface area (Å²) in [6.07, 6.45) is 3.42. The van der Waals surface area contributed by atoms with E-state index < -0.39 is 12.0 Å². The number of hydrogen-bond acceptors (Lipinski definition) is 5. The van der Waals surface area contributed by atoms with E-state index in [0.29, 0.717) is 23.4 Å². The van der Waals surface area contributed by atoms with Gasteiger partial charge in [0.1, 0.15) is 11.8 Å². The highest BCUT2D eigenvalue weighted by Crippen LogP contribution is 2.28. The Kier molecular flexibility index (Phi) is 7.39. The number of carbonyl (C=O) groups excluding carboxylic acids is 3. The van der Waals surface area contributed by atoms with E-state index in [4.69, 9.17) is 4.74 Å². The van der Waals surface area contributed by atoms with E-state index in [9.17, 15) is 19.6 Å². The molecule has 3 aromatic rings. The number of nitriles is 1. The second kappa shape index (κ2) is 10.6. The Morgan fingerprint density at radius 2 is 1.89 bits per heavy atom. The van der Waals surface area contributed by atoms with Crippen LogP contribution in [0.25, 0.3) is 10.9 Å². The van der Waals surface area contributed by atoms with E-state index in [1.807, 2.05) is 30.1 Å². The van der Waals surface area contributed by atoms with Gasteiger partial charge in [-0.05, 0) is 67.0 Å². The molecular formula is C28H30N4O4. The number of esters is 1. The zero-order valence-electron chi connectivity index (χ0n) is 20.8. The molecule has 0 saturated carbocycles. The fourth-order valence-corrected chi connectivity index (χ4v) is 4.99. The molecule has 2 unspecified atom stereocenters. The van der Waals surface area contributed by atoms with Crippen molar-refractivity contribution >= 4 is 28.7 Å². The summed E-state index contributed by atoms with van der Waals surface area (Å²) in [7, 11) is 2.00. The minimum Gasteiger partial charge on any atom is -0.427 e. The topological polar surface area (TPSA) is 104 Å². The molecule has 1 saturated heterocycles. The van der Waals surface area contributed by atoms with Gasteiger partial charge in [0.15, 0.2) is 0 Å². The number of benzene rings is 2. The van der Waals surface area contributed by atoms with Crippen molar-refractivity contribution in [2.24, 2.45) is 7.05 Å². The van der Waals surface area contributed by atoms with Crippen molar-refractivity contribution in [1.29, 1.82) is 5.26 Å². The van der Waals surface area contributed by atoms with Gasteiger partial charge in [0.2, 0.25) is 11.8 Å². The van der Waals surface area contributed by atoms with Crippen LogP contribution in [0.4, 0.5) is 0 Å². The summed E-state index contributed by atoms with van der Waals surface area (Å²) in [6, 6.07) is 15.9. The number of ether oxygens (including phenoxy) is 1. The lowest BCUT2D eigenvalue weighted by molar-refractivity contribution is -0.137. The van der Waals surface area contributed by atoms with Crippen LogP contribution >= 0.6 is 0 Å². The third-order valence-corrected chi connectivity index (χ3v) is 6.74. The van der Waals surface area contributed by atoms with E-state index in [0.717, 1.165) is 42.3 Å². The summed E-state index contributed by atoms with van der Waals surface area (Å²) >= 11 is 0. The van der Waals surface area contributed by atoms with Gasteiger partial charge < -0.3 is 19.5 Å². The lowest BCUT2D eigenvalue weighted by Gasteiger charge is -2.29. The van der Waals surface area contributed by atoms with Crippen LogP contribution in [-0.2, 0) is 27.9 Å². The van der Waals surface area contributed by atoms with Crippen LogP contribution in [0.2, 0.25) is 0 Å². The maximum Gasteiger partial charge on any atom is 0.308 e. The molecule has 2 atom stereocenters. The van der Waals surface area contributed by atoms with E-state index in [-0.39, 0.29) is 17.9 Å². The molecule has 2 heterocycles. The summed E-state index contributed by atoms with van der Waals surface area (Å²) in [6.45, 7) is 3.37. The molecule has 0 spiro atoms. The highest BCUT2D eigenvalue weighted by Gasteiger charge is 2.34. The Bertz CT molecular complexity index is 1340. The van der Waals surface area contributed by atoms with Crippen LogP contribution in [0.3, 0.4) is 0 Å². The predicted molar refractivity (Wildman–Crippen MR) is 135 cm³/mol. The minimum absolute atomic E-state index is 0.0711. The third kappa shape index (κ3) is 5.41. The van der Waals surface area contributed by atoms with Crippen molar-refractivity contribution in [3.8, 4) is 11.8 Å². The van der Waals surface area contributed by atoms with Crippen LogP contribution in [0, 0.1) is 11.3 Å². The summed E-state index contributed by atoms with van der Waals surface area (Å²) < 4.78 is 7.20. The summed E-state index contributed by atoms with van der Waals surface area (Å²) in [4.78, 5) is 38.7. The van der Waals surface area contributed by atoms with E-state index >= 15 is 0 Å². The van der Waals surface area contributed by atoms with Gasteiger partial charge in [0, 0.05) is 44.7 Å². The fourth-order valence-electron chi connectivity index (χ4n) is 4.99. The molecule has 36 heavy (non-hydrogen) atoms. The monoisotopic (exact) mass is 486 g/mol. The summed E-state index contributed by atoms with van der Waals surface area (Å²) in [5.74, 6) is -0.464. The quantitative estimate of drug-likeness (QED) is 0.404. The zero-order valence-corrected chi connectivity index (χ0v) is 20.8. The van der Waals surface area contributed by atoms with Crippen molar-refractivity contribution < 1.29 is 19.1 Å². The van der Waals surface area contributed by atoms with Gasteiger partial charge in [-0.15, -0.1) is 0 Å². The average Bonchev–Trinajstić information content (AvgIpc) is 3.45. The number of likely N-dealkylation sites (tertiary alicyclic amines) is 1. The number of aromatic nitrogens is 1. The second-order valence-electron chi connectivity index (χ2n) is 9.24. The molecule has 1 N–H and O–H groups in total. The van der Waals surface area contributed by atoms with Crippen molar-refractivity contribution in [3.63, 3.8) is 0 Å². The summed E-state index contributed by atoms with van der Waals surface area (Å²) in [5.41, 5.74) is 3.44. The first kappa shape index (κ1) is 25.0. The number of hydrogen-bond donors (Lipinski definition) is 1. The molecule has 1 aliphatic heterocycles. The molecule has 0 radical (unpaired) electrons. The number of amides is 2. The predicted octanol–water partition coefficient (Wildman–Crippen LogP) is 3.78. The molecule has 8 heteroatoms. The number of nitrogens with one attached hydrogen (secondary N) is 1. The normalized spacial score (nSPS) is 15.9. The van der Waals surface area contributed by atoms with Gasteiger partial charge in [-0.2, -0.15) is 5.26 Å². The number of nitrogens with zero attached hydrogens (tertiary/aromatic N) is 3. The molecule has 1 fully saturated rings. The van der Waals surface area contributed by atoms with E-state index in [1.54, 1.807) is 24.3 Å². The van der Waals surface area contributed by atoms with Gasteiger partial charge in [-0.1, -0.05) is 18.2 Å². The Hall–Kier alpha value is -4.12. The Morgan fingerprint density at radius 3 is 2.56 bits per heavy atom. The lowest BCUT2D eigenvalue weighted by atomic mass is 10.0. The highest BCUT2D eigenvalue weighted by atomic mass is 16.5. The third-order valence-electron chi connectivity index (χ3n) is 6.74. The maximum absolute atomic E-state index is 13.6. The van der Waals surface area contributed by atoms with Crippen LogP contribution in [0.1, 0.15) is 56.0 Å². The van der Waals surface area contributed by atoms with Crippen molar-refractivity contribution in [1.82, 2.24) is 14.8 Å². The average molecular weight is 487 g/mol. The first-order chi connectivity index (χ1) is 17.3. The van der Waals surface area contributed by atoms with Crippen LogP contribution in [0.5, 0.6) is 5.75 Å². The maximum atomic E-state index is 13.6. The standard InChI is InChI=1S/C28H30N4O4/c1-18(33)30-27(21-8-12-25(13-9-21)36-19(2)34)28(35)32-14-4-5-23(32)10-11-24-16-22-7-6-20(17-29)15-26(22)31(24)3/h6-9,12-13,15-16,23,27H,4-5,10-11,14H2,1-3H3,(H,30,33). The van der Waals surface area contributed by atoms with Crippen LogP contribution < -0.4 is 10.1 Å². The van der Waals surface area contributed by atoms with Gasteiger partial charge in [-0.3, -0.25) is 14.4 Å². The molecule has 8 nitrogen and oxygen atoms in total. The minimum atomic E-state index is -0.809. The van der Waals surface area contributed by atoms with Crippen molar-refractivity contribution in [2.75, 3.05) is 6.54 Å². The Morgan fingerprint density at radius 1 is 1.14 bits per heavy atom. The molecule has 4 rings (SSSR count). The molecule has 2 aromatic carbocycles.